The molecular weight excluding hydrogens is 318 g/mol. The number of nitrogens with zero attached hydrogens (tertiary/aromatic N) is 4. The first-order valence-corrected chi connectivity index (χ1v) is 8.76. The molecule has 0 bridgehead atoms. The van der Waals surface area contributed by atoms with E-state index in [0.717, 1.165) is 6.42 Å². The molecule has 1 N–H and O–H groups in total. The van der Waals surface area contributed by atoms with Gasteiger partial charge < -0.3 is 9.84 Å². The maximum absolute atomic E-state index is 12.9. The Morgan fingerprint density at radius 1 is 1.30 bits per heavy atom. The van der Waals surface area contributed by atoms with Crippen LogP contribution < -0.4 is 5.32 Å². The van der Waals surface area contributed by atoms with E-state index in [1.165, 1.54) is 4.31 Å². The quantitative estimate of drug-likeness (QED) is 0.903. The molecule has 0 aromatic carbocycles. The van der Waals surface area contributed by atoms with Crippen LogP contribution in [-0.2, 0) is 10.0 Å². The summed E-state index contributed by atoms with van der Waals surface area (Å²) in [5.41, 5.74) is 1.08. The van der Waals surface area contributed by atoms with E-state index < -0.39 is 10.0 Å². The molecule has 0 unspecified atom stereocenters. The second-order valence-electron chi connectivity index (χ2n) is 5.55. The van der Waals surface area contributed by atoms with Crippen molar-refractivity contribution in [2.45, 2.75) is 38.1 Å². The lowest BCUT2D eigenvalue weighted by molar-refractivity contribution is 0.197. The maximum Gasteiger partial charge on any atom is 0.249 e. The smallest absolute Gasteiger partial charge is 0.249 e. The predicted molar refractivity (Wildman–Crippen MR) is 83.5 cm³/mol. The molecule has 124 valence electrons. The van der Waals surface area contributed by atoms with E-state index in [1.807, 2.05) is 0 Å². The number of anilines is 1. The zero-order valence-electron chi connectivity index (χ0n) is 13.5. The molecule has 2 aromatic heterocycles. The Kier molecular flexibility index (Phi) is 3.85. The van der Waals surface area contributed by atoms with Crippen molar-refractivity contribution >= 4 is 15.8 Å². The van der Waals surface area contributed by atoms with Gasteiger partial charge in [0.05, 0.1) is 11.7 Å². The van der Waals surface area contributed by atoms with Crippen LogP contribution in [0.25, 0.3) is 0 Å². The first-order valence-electron chi connectivity index (χ1n) is 7.32. The number of hydrogen-bond donors (Lipinski definition) is 1. The second-order valence-corrected chi connectivity index (χ2v) is 7.38. The number of rotatable bonds is 4. The van der Waals surface area contributed by atoms with Gasteiger partial charge in [-0.25, -0.2) is 18.4 Å². The highest BCUT2D eigenvalue weighted by molar-refractivity contribution is 7.89. The van der Waals surface area contributed by atoms with Crippen LogP contribution in [-0.4, -0.2) is 41.4 Å². The van der Waals surface area contributed by atoms with E-state index in [1.54, 1.807) is 33.9 Å². The average molecular weight is 337 g/mol. The van der Waals surface area contributed by atoms with Gasteiger partial charge in [0.1, 0.15) is 22.2 Å². The van der Waals surface area contributed by atoms with E-state index in [4.69, 9.17) is 4.52 Å². The number of aryl methyl sites for hydroxylation is 3. The molecule has 0 spiro atoms. The van der Waals surface area contributed by atoms with Crippen molar-refractivity contribution in [3.63, 3.8) is 0 Å². The molecule has 0 amide bonds. The molecule has 0 radical (unpaired) electrons. The lowest BCUT2D eigenvalue weighted by atomic mass is 10.0. The monoisotopic (exact) mass is 337 g/mol. The molecule has 2 aromatic rings. The summed E-state index contributed by atoms with van der Waals surface area (Å²) in [6.45, 7) is 5.48. The van der Waals surface area contributed by atoms with Crippen molar-refractivity contribution in [1.29, 1.82) is 0 Å². The van der Waals surface area contributed by atoms with Crippen LogP contribution in [0.4, 0.5) is 5.82 Å². The molecule has 1 aliphatic heterocycles. The molecule has 9 heteroatoms. The van der Waals surface area contributed by atoms with Gasteiger partial charge in [-0.05, 0) is 27.2 Å². The summed E-state index contributed by atoms with van der Waals surface area (Å²) < 4.78 is 32.3. The molecule has 1 fully saturated rings. The molecule has 0 aliphatic carbocycles. The van der Waals surface area contributed by atoms with E-state index >= 15 is 0 Å². The average Bonchev–Trinajstić information content (AvgIpc) is 2.76. The summed E-state index contributed by atoms with van der Waals surface area (Å²) in [7, 11) is -1.89. The fourth-order valence-electron chi connectivity index (χ4n) is 2.80. The van der Waals surface area contributed by atoms with Gasteiger partial charge in [-0.3, -0.25) is 0 Å². The summed E-state index contributed by atoms with van der Waals surface area (Å²) in [4.78, 5) is 8.80. The van der Waals surface area contributed by atoms with Crippen molar-refractivity contribution < 1.29 is 12.9 Å². The third-order valence-electron chi connectivity index (χ3n) is 3.96. The Hall–Kier alpha value is -2.00. The molecule has 1 aliphatic rings. The van der Waals surface area contributed by atoms with Gasteiger partial charge in [0.2, 0.25) is 10.0 Å². The Morgan fingerprint density at radius 2 is 2.04 bits per heavy atom. The lowest BCUT2D eigenvalue weighted by Gasteiger charge is -2.39. The Labute approximate surface area is 135 Å². The summed E-state index contributed by atoms with van der Waals surface area (Å²) in [5, 5.41) is 6.71. The van der Waals surface area contributed by atoms with Gasteiger partial charge in [-0.15, -0.1) is 0 Å². The minimum Gasteiger partial charge on any atom is -0.373 e. The normalized spacial score (nSPS) is 18.7. The molecule has 3 rings (SSSR count). The number of sulfonamides is 1. The van der Waals surface area contributed by atoms with Gasteiger partial charge in [0.15, 0.2) is 5.76 Å². The van der Waals surface area contributed by atoms with Gasteiger partial charge in [0, 0.05) is 19.7 Å². The van der Waals surface area contributed by atoms with E-state index in [-0.39, 0.29) is 10.9 Å². The van der Waals surface area contributed by atoms with Crippen molar-refractivity contribution in [3.8, 4) is 0 Å². The number of nitrogens with one attached hydrogen (secondary N) is 1. The van der Waals surface area contributed by atoms with Crippen molar-refractivity contribution in [1.82, 2.24) is 19.4 Å². The van der Waals surface area contributed by atoms with Crippen LogP contribution in [0, 0.1) is 20.8 Å². The van der Waals surface area contributed by atoms with E-state index in [2.05, 4.69) is 20.4 Å². The SMILES string of the molecule is CNc1cc([C@@H]2CCN2S(=O)(=O)c2c(C)noc2C)nc(C)n1. The highest BCUT2D eigenvalue weighted by atomic mass is 32.2. The zero-order valence-corrected chi connectivity index (χ0v) is 14.3. The minimum atomic E-state index is -3.65. The van der Waals surface area contributed by atoms with Gasteiger partial charge in [-0.1, -0.05) is 5.16 Å². The third-order valence-corrected chi connectivity index (χ3v) is 6.11. The standard InChI is InChI=1S/C14H19N5O3S/c1-8-14(9(2)22-18-8)23(20,21)19-6-5-12(19)11-7-13(15-4)17-10(3)16-11/h7,12H,5-6H2,1-4H3,(H,15,16,17)/t12-/m0/s1. The second kappa shape index (κ2) is 5.57. The molecule has 1 saturated heterocycles. The first kappa shape index (κ1) is 15.9. The van der Waals surface area contributed by atoms with Crippen molar-refractivity contribution in [2.24, 2.45) is 0 Å². The Bertz CT molecular complexity index is 827. The molecule has 3 heterocycles. The lowest BCUT2D eigenvalue weighted by Crippen LogP contribution is -2.45. The van der Waals surface area contributed by atoms with Gasteiger partial charge in [0.25, 0.3) is 0 Å². The summed E-state index contributed by atoms with van der Waals surface area (Å²) in [5.74, 6) is 1.59. The van der Waals surface area contributed by atoms with E-state index in [0.29, 0.717) is 35.3 Å². The Morgan fingerprint density at radius 3 is 2.57 bits per heavy atom. The van der Waals surface area contributed by atoms with Crippen molar-refractivity contribution in [3.05, 3.63) is 29.0 Å². The van der Waals surface area contributed by atoms with Crippen molar-refractivity contribution in [2.75, 3.05) is 18.9 Å². The first-order chi connectivity index (χ1) is 10.8. The van der Waals surface area contributed by atoms with Crippen LogP contribution in [0.15, 0.2) is 15.5 Å². The fourth-order valence-corrected chi connectivity index (χ4v) is 4.74. The number of aromatic nitrogens is 3. The molecule has 8 nitrogen and oxygen atoms in total. The minimum absolute atomic E-state index is 0.154. The van der Waals surface area contributed by atoms with Crippen LogP contribution >= 0.6 is 0 Å². The Balaban J connectivity index is 1.98. The van der Waals surface area contributed by atoms with Gasteiger partial charge in [-0.2, -0.15) is 4.31 Å². The van der Waals surface area contributed by atoms with Gasteiger partial charge >= 0.3 is 0 Å². The summed E-state index contributed by atoms with van der Waals surface area (Å²) in [6, 6.07) is 1.50. The van der Waals surface area contributed by atoms with Crippen LogP contribution in [0.3, 0.4) is 0 Å². The third kappa shape index (κ3) is 2.59. The molecule has 1 atom stereocenters. The highest BCUT2D eigenvalue weighted by Crippen LogP contribution is 2.39. The number of hydrogen-bond acceptors (Lipinski definition) is 7. The van der Waals surface area contributed by atoms with E-state index in [9.17, 15) is 8.42 Å². The molecular formula is C14H19N5O3S. The van der Waals surface area contributed by atoms with Crippen LogP contribution in [0.2, 0.25) is 0 Å². The van der Waals surface area contributed by atoms with Crippen LogP contribution in [0.5, 0.6) is 0 Å². The maximum atomic E-state index is 12.9. The summed E-state index contributed by atoms with van der Waals surface area (Å²) >= 11 is 0. The topological polar surface area (TPSA) is 101 Å². The highest BCUT2D eigenvalue weighted by Gasteiger charge is 2.42. The fraction of sp³-hybridized carbons (Fsp3) is 0.500. The predicted octanol–water partition coefficient (Wildman–Crippen LogP) is 1.57. The van der Waals surface area contributed by atoms with Crippen LogP contribution in [0.1, 0.15) is 35.4 Å². The summed E-state index contributed by atoms with van der Waals surface area (Å²) in [6.07, 6.45) is 0.724. The molecule has 23 heavy (non-hydrogen) atoms. The largest absolute Gasteiger partial charge is 0.373 e. The zero-order chi connectivity index (χ0) is 16.8. The molecule has 0 saturated carbocycles.